The van der Waals surface area contributed by atoms with Gasteiger partial charge in [0.15, 0.2) is 11.9 Å². The molecule has 0 radical (unpaired) electrons. The zero-order chi connectivity index (χ0) is 30.2. The number of hydrogen-bond acceptors (Lipinski definition) is 10. The molecule has 0 bridgehead atoms. The second-order valence-corrected chi connectivity index (χ2v) is 11.2. The first-order valence-corrected chi connectivity index (χ1v) is 13.9. The van der Waals surface area contributed by atoms with Crippen LogP contribution in [0.2, 0.25) is 0 Å². The number of alkyl halides is 4. The number of fused-ring (bicyclic) bond motifs is 1. The van der Waals surface area contributed by atoms with E-state index in [1.807, 2.05) is 0 Å². The van der Waals surface area contributed by atoms with Gasteiger partial charge in [-0.3, -0.25) is 13.9 Å². The zero-order valence-corrected chi connectivity index (χ0v) is 23.2. The number of aliphatic hydroxyl groups is 1. The Morgan fingerprint density at radius 1 is 1.24 bits per heavy atom. The summed E-state index contributed by atoms with van der Waals surface area (Å²) in [7, 11) is -4.57. The molecule has 2 aromatic heterocycles. The van der Waals surface area contributed by atoms with Crippen molar-refractivity contribution >= 4 is 24.9 Å². The molecule has 2 N–H and O–H groups in total. The number of ether oxygens (including phenoxy) is 2. The molecule has 1 aliphatic heterocycles. The van der Waals surface area contributed by atoms with E-state index in [0.717, 1.165) is 6.33 Å². The van der Waals surface area contributed by atoms with Crippen molar-refractivity contribution in [1.29, 1.82) is 0 Å². The predicted molar refractivity (Wildman–Crippen MR) is 134 cm³/mol. The lowest BCUT2D eigenvalue weighted by Gasteiger charge is -2.31. The van der Waals surface area contributed by atoms with Gasteiger partial charge in [-0.2, -0.15) is 18.3 Å². The third kappa shape index (κ3) is 6.36. The van der Waals surface area contributed by atoms with Crippen molar-refractivity contribution in [2.24, 2.45) is 0 Å². The number of carbonyl (C=O) groups excluding carboxylic acids is 1. The smallest absolute Gasteiger partial charge is 0.459 e. The zero-order valence-electron chi connectivity index (χ0n) is 22.3. The van der Waals surface area contributed by atoms with E-state index in [0.29, 0.717) is 4.57 Å². The first-order chi connectivity index (χ1) is 19.1. The third-order valence-corrected chi connectivity index (χ3v) is 7.65. The molecule has 0 spiro atoms. The molecule has 0 saturated carbocycles. The summed E-state index contributed by atoms with van der Waals surface area (Å²) in [6.45, 7) is 4.92. The van der Waals surface area contributed by atoms with E-state index >= 15 is 4.39 Å². The maximum Gasteiger partial charge on any atom is 0.459 e. The SMILES string of the molecule is Cc1ncc2ncn([C@@H]3O[C@H](COP(=O)(N[C@@H](C)C(=O)OC(C)C)Oc4ccccc4)[C@@H](O)[C@]3(F)C(F)(F)F)c2n1. The van der Waals surface area contributed by atoms with Gasteiger partial charge in [0.05, 0.1) is 25.2 Å². The third-order valence-electron chi connectivity index (χ3n) is 6.00. The average Bonchev–Trinajstić information content (AvgIpc) is 3.41. The summed E-state index contributed by atoms with van der Waals surface area (Å²) in [4.78, 5) is 24.1. The number of hydrogen-bond donors (Lipinski definition) is 2. The van der Waals surface area contributed by atoms with Crippen LogP contribution >= 0.6 is 7.75 Å². The topological polar surface area (TPSA) is 147 Å². The van der Waals surface area contributed by atoms with E-state index in [9.17, 15) is 27.6 Å². The van der Waals surface area contributed by atoms with Crippen LogP contribution < -0.4 is 9.61 Å². The van der Waals surface area contributed by atoms with Crippen molar-refractivity contribution in [3.05, 3.63) is 48.7 Å². The molecular weight excluding hydrogens is 577 g/mol. The summed E-state index contributed by atoms with van der Waals surface area (Å²) in [6, 6.07) is 6.30. The predicted octanol–water partition coefficient (Wildman–Crippen LogP) is 3.80. The number of halogens is 4. The van der Waals surface area contributed by atoms with Crippen LogP contribution in [0.25, 0.3) is 11.2 Å². The summed E-state index contributed by atoms with van der Waals surface area (Å²) in [5.41, 5.74) is -4.45. The fourth-order valence-corrected chi connectivity index (χ4v) is 5.55. The maximum atomic E-state index is 15.9. The van der Waals surface area contributed by atoms with Crippen LogP contribution in [0.4, 0.5) is 17.6 Å². The quantitative estimate of drug-likeness (QED) is 0.198. The van der Waals surface area contributed by atoms with Crippen LogP contribution in [0.15, 0.2) is 42.9 Å². The Morgan fingerprint density at radius 2 is 1.93 bits per heavy atom. The van der Waals surface area contributed by atoms with Crippen LogP contribution in [-0.2, 0) is 23.4 Å². The number of aryl methyl sites for hydroxylation is 1. The molecule has 1 aromatic carbocycles. The molecular formula is C24H28F4N5O7P. The van der Waals surface area contributed by atoms with Gasteiger partial charge in [0.2, 0.25) is 0 Å². The van der Waals surface area contributed by atoms with Crippen LogP contribution in [-0.4, -0.2) is 73.4 Å². The van der Waals surface area contributed by atoms with Gasteiger partial charge in [-0.25, -0.2) is 23.9 Å². The molecule has 6 atom stereocenters. The van der Waals surface area contributed by atoms with Crippen LogP contribution in [0, 0.1) is 6.92 Å². The van der Waals surface area contributed by atoms with E-state index in [2.05, 4.69) is 20.0 Å². The molecule has 224 valence electrons. The number of nitrogens with one attached hydrogen (secondary N) is 1. The summed E-state index contributed by atoms with van der Waals surface area (Å²) in [5.74, 6) is -0.625. The van der Waals surface area contributed by atoms with E-state index in [1.165, 1.54) is 32.2 Å². The van der Waals surface area contributed by atoms with Crippen molar-refractivity contribution in [1.82, 2.24) is 24.6 Å². The minimum atomic E-state index is -5.62. The largest absolute Gasteiger partial charge is 0.462 e. The Labute approximate surface area is 231 Å². The number of imidazole rings is 1. The number of carbonyl (C=O) groups is 1. The Bertz CT molecular complexity index is 1430. The molecule has 0 amide bonds. The standard InChI is InChI=1S/C24H28F4N5O7P/c1-13(2)38-21(35)14(3)32-41(36,40-16-8-6-5-7-9-16)37-11-18-19(34)23(25,24(26,27)28)22(39-18)33-12-30-17-10-29-15(4)31-20(17)33/h5-10,12-14,18-19,22,34H,11H2,1-4H3,(H,32,36)/t14-,18+,19+,22+,23+,41?/m0/s1. The number of esters is 1. The number of aliphatic hydroxyl groups excluding tert-OH is 1. The monoisotopic (exact) mass is 605 g/mol. The molecule has 3 aromatic rings. The Balaban J connectivity index is 1.62. The Kier molecular flexibility index (Phi) is 8.71. The highest BCUT2D eigenvalue weighted by atomic mass is 31.2. The Morgan fingerprint density at radius 3 is 2.56 bits per heavy atom. The first kappa shape index (κ1) is 30.8. The second kappa shape index (κ2) is 11.6. The maximum absolute atomic E-state index is 15.9. The number of benzene rings is 1. The van der Waals surface area contributed by atoms with E-state index in [1.54, 1.807) is 32.0 Å². The van der Waals surface area contributed by atoms with Crippen molar-refractivity contribution < 1.29 is 50.5 Å². The second-order valence-electron chi connectivity index (χ2n) is 9.55. The Hall–Kier alpha value is -3.17. The number of nitrogens with zero attached hydrogens (tertiary/aromatic N) is 4. The lowest BCUT2D eigenvalue weighted by Crippen LogP contribution is -2.54. The van der Waals surface area contributed by atoms with Gasteiger partial charge in [0.25, 0.3) is 5.67 Å². The van der Waals surface area contributed by atoms with Gasteiger partial charge >= 0.3 is 19.9 Å². The van der Waals surface area contributed by atoms with Gasteiger partial charge in [-0.05, 0) is 39.8 Å². The molecule has 1 saturated heterocycles. The van der Waals surface area contributed by atoms with Gasteiger partial charge in [-0.15, -0.1) is 0 Å². The van der Waals surface area contributed by atoms with E-state index in [4.69, 9.17) is 18.5 Å². The molecule has 4 rings (SSSR count). The van der Waals surface area contributed by atoms with Crippen molar-refractivity contribution in [2.45, 2.75) is 70.1 Å². The first-order valence-electron chi connectivity index (χ1n) is 12.4. The molecule has 1 fully saturated rings. The van der Waals surface area contributed by atoms with Crippen LogP contribution in [0.5, 0.6) is 5.75 Å². The van der Waals surface area contributed by atoms with E-state index in [-0.39, 0.29) is 22.7 Å². The van der Waals surface area contributed by atoms with Crippen molar-refractivity contribution in [3.8, 4) is 5.75 Å². The molecule has 3 heterocycles. The highest BCUT2D eigenvalue weighted by Gasteiger charge is 2.73. The molecule has 12 nitrogen and oxygen atoms in total. The van der Waals surface area contributed by atoms with Crippen molar-refractivity contribution in [2.75, 3.05) is 6.61 Å². The highest BCUT2D eigenvalue weighted by Crippen LogP contribution is 2.53. The average molecular weight is 605 g/mol. The van der Waals surface area contributed by atoms with Crippen LogP contribution in [0.1, 0.15) is 32.8 Å². The molecule has 1 unspecified atom stereocenters. The van der Waals surface area contributed by atoms with Gasteiger partial charge in [0, 0.05) is 0 Å². The number of aromatic nitrogens is 4. The lowest BCUT2D eigenvalue weighted by atomic mass is 9.95. The van der Waals surface area contributed by atoms with Gasteiger partial charge in [-0.1, -0.05) is 18.2 Å². The minimum Gasteiger partial charge on any atom is -0.462 e. The van der Waals surface area contributed by atoms with E-state index < -0.39 is 62.7 Å². The number of para-hydroxylation sites is 1. The summed E-state index contributed by atoms with van der Waals surface area (Å²) < 4.78 is 93.9. The summed E-state index contributed by atoms with van der Waals surface area (Å²) >= 11 is 0. The normalized spacial score (nSPS) is 25.3. The summed E-state index contributed by atoms with van der Waals surface area (Å²) in [5, 5.41) is 13.0. The highest BCUT2D eigenvalue weighted by molar-refractivity contribution is 7.52. The minimum absolute atomic E-state index is 0.0218. The van der Waals surface area contributed by atoms with Gasteiger partial charge in [0.1, 0.15) is 35.3 Å². The molecule has 1 aliphatic rings. The fraction of sp³-hybridized carbons (Fsp3) is 0.500. The molecule has 41 heavy (non-hydrogen) atoms. The fourth-order valence-electron chi connectivity index (χ4n) is 4.05. The molecule has 0 aliphatic carbocycles. The van der Waals surface area contributed by atoms with Crippen LogP contribution in [0.3, 0.4) is 0 Å². The lowest BCUT2D eigenvalue weighted by molar-refractivity contribution is -0.273. The summed E-state index contributed by atoms with van der Waals surface area (Å²) in [6.07, 6.45) is -11.3. The van der Waals surface area contributed by atoms with Gasteiger partial charge < -0.3 is 19.1 Å². The molecule has 17 heteroatoms. The van der Waals surface area contributed by atoms with Crippen molar-refractivity contribution in [3.63, 3.8) is 0 Å². The number of rotatable bonds is 10.